The first-order valence-electron chi connectivity index (χ1n) is 5.04. The standard InChI is InChI=1S/C9H12O6.2C2H4/c1-3-9(12)13-4-5-14-15-7(2)6-8(10)11;2*1-2/h3H,1-2,4-6H2,(H,10,11);2*1-2H2. The van der Waals surface area contributed by atoms with Gasteiger partial charge >= 0.3 is 11.9 Å². The minimum absolute atomic E-state index is 0.00873. The normalized spacial score (nSPS) is 7.58. The second-order valence-electron chi connectivity index (χ2n) is 2.39. The lowest BCUT2D eigenvalue weighted by Gasteiger charge is -2.05. The van der Waals surface area contributed by atoms with Crippen LogP contribution in [-0.4, -0.2) is 30.3 Å². The van der Waals surface area contributed by atoms with Gasteiger partial charge in [-0.15, -0.1) is 26.3 Å². The summed E-state index contributed by atoms with van der Waals surface area (Å²) in [5.74, 6) is -1.66. The highest BCUT2D eigenvalue weighted by atomic mass is 17.2. The monoisotopic (exact) mass is 272 g/mol. The first kappa shape index (κ1) is 21.9. The van der Waals surface area contributed by atoms with Gasteiger partial charge in [-0.3, -0.25) is 4.79 Å². The molecule has 0 aliphatic carbocycles. The van der Waals surface area contributed by atoms with Crippen LogP contribution in [0.1, 0.15) is 6.42 Å². The van der Waals surface area contributed by atoms with Gasteiger partial charge in [-0.05, 0) is 0 Å². The number of carboxylic acid groups (broad SMARTS) is 1. The van der Waals surface area contributed by atoms with Crippen molar-refractivity contribution >= 4 is 11.9 Å². The molecular formula is C13H20O6. The Labute approximate surface area is 113 Å². The van der Waals surface area contributed by atoms with Gasteiger partial charge in [0.1, 0.15) is 25.4 Å². The molecule has 0 bridgehead atoms. The predicted octanol–water partition coefficient (Wildman–Crippen LogP) is 2.26. The SMILES string of the molecule is C=C.C=C.C=CC(=O)OCCOOC(=C)CC(=O)O. The maximum atomic E-state index is 10.5. The summed E-state index contributed by atoms with van der Waals surface area (Å²) in [7, 11) is 0. The first-order chi connectivity index (χ1) is 9.06. The van der Waals surface area contributed by atoms with Gasteiger partial charge in [0.15, 0.2) is 0 Å². The minimum atomic E-state index is -1.07. The van der Waals surface area contributed by atoms with Gasteiger partial charge in [0.25, 0.3) is 0 Å². The van der Waals surface area contributed by atoms with Gasteiger partial charge in [0.2, 0.25) is 0 Å². The van der Waals surface area contributed by atoms with Gasteiger partial charge in [-0.2, -0.15) is 4.89 Å². The average Bonchev–Trinajstić information content (AvgIpc) is 2.41. The van der Waals surface area contributed by atoms with Gasteiger partial charge in [-0.25, -0.2) is 4.79 Å². The molecular weight excluding hydrogens is 252 g/mol. The molecule has 0 aromatic rings. The average molecular weight is 272 g/mol. The number of rotatable bonds is 8. The molecule has 0 saturated heterocycles. The van der Waals surface area contributed by atoms with Crippen LogP contribution >= 0.6 is 0 Å². The van der Waals surface area contributed by atoms with Crippen molar-refractivity contribution in [2.75, 3.05) is 13.2 Å². The number of aliphatic carboxylic acids is 1. The molecule has 0 saturated carbocycles. The number of carboxylic acids is 1. The number of hydrogen-bond donors (Lipinski definition) is 1. The summed E-state index contributed by atoms with van der Waals surface area (Å²) in [6, 6.07) is 0. The summed E-state index contributed by atoms with van der Waals surface area (Å²) in [6.07, 6.45) is 0.677. The molecule has 0 spiro atoms. The molecule has 0 aliphatic rings. The van der Waals surface area contributed by atoms with Crippen LogP contribution in [0.5, 0.6) is 0 Å². The second-order valence-corrected chi connectivity index (χ2v) is 2.39. The van der Waals surface area contributed by atoms with Crippen LogP contribution in [0.2, 0.25) is 0 Å². The van der Waals surface area contributed by atoms with Crippen LogP contribution in [-0.2, 0) is 24.1 Å². The van der Waals surface area contributed by atoms with E-state index in [9.17, 15) is 9.59 Å². The van der Waals surface area contributed by atoms with Crippen molar-refractivity contribution in [1.29, 1.82) is 0 Å². The molecule has 0 aliphatic heterocycles. The fourth-order valence-corrected chi connectivity index (χ4v) is 0.558. The van der Waals surface area contributed by atoms with Gasteiger partial charge in [0, 0.05) is 6.08 Å². The van der Waals surface area contributed by atoms with Crippen LogP contribution in [0.3, 0.4) is 0 Å². The lowest BCUT2D eigenvalue weighted by molar-refractivity contribution is -0.267. The summed E-state index contributed by atoms with van der Waals surface area (Å²) in [5, 5.41) is 8.31. The predicted molar refractivity (Wildman–Crippen MR) is 72.1 cm³/mol. The Hall–Kier alpha value is -2.34. The lowest BCUT2D eigenvalue weighted by atomic mass is 10.4. The van der Waals surface area contributed by atoms with Crippen LogP contribution in [0.4, 0.5) is 0 Å². The minimum Gasteiger partial charge on any atom is -0.481 e. The molecule has 0 amide bonds. The molecule has 6 nitrogen and oxygen atoms in total. The van der Waals surface area contributed by atoms with E-state index in [1.165, 1.54) is 0 Å². The van der Waals surface area contributed by atoms with E-state index in [4.69, 9.17) is 5.11 Å². The third-order valence-corrected chi connectivity index (χ3v) is 1.10. The van der Waals surface area contributed by atoms with Crippen molar-refractivity contribution in [3.05, 3.63) is 51.3 Å². The Morgan fingerprint density at radius 1 is 1.11 bits per heavy atom. The summed E-state index contributed by atoms with van der Waals surface area (Å²) >= 11 is 0. The summed E-state index contributed by atoms with van der Waals surface area (Å²) in [4.78, 5) is 29.7. The Kier molecular flexibility index (Phi) is 20.8. The van der Waals surface area contributed by atoms with Crippen molar-refractivity contribution in [3.8, 4) is 0 Å². The quantitative estimate of drug-likeness (QED) is 0.139. The van der Waals surface area contributed by atoms with E-state index in [0.717, 1.165) is 6.08 Å². The zero-order chi connectivity index (χ0) is 15.7. The van der Waals surface area contributed by atoms with Gasteiger partial charge in [-0.1, -0.05) is 13.2 Å². The fraction of sp³-hybridized carbons (Fsp3) is 0.231. The highest BCUT2D eigenvalue weighted by molar-refractivity contribution is 5.81. The fourth-order valence-electron chi connectivity index (χ4n) is 0.558. The van der Waals surface area contributed by atoms with Crippen molar-refractivity contribution < 1.29 is 29.2 Å². The number of ether oxygens (including phenoxy) is 1. The largest absolute Gasteiger partial charge is 0.481 e. The summed E-state index contributed by atoms with van der Waals surface area (Å²) in [5.41, 5.74) is 0. The van der Waals surface area contributed by atoms with Crippen LogP contribution in [0, 0.1) is 0 Å². The third-order valence-electron chi connectivity index (χ3n) is 1.10. The molecule has 0 rings (SSSR count). The van der Waals surface area contributed by atoms with Crippen LogP contribution in [0.15, 0.2) is 51.3 Å². The zero-order valence-corrected chi connectivity index (χ0v) is 10.9. The Balaban J connectivity index is -0.000000579. The molecule has 0 atom stereocenters. The highest BCUT2D eigenvalue weighted by Gasteiger charge is 2.03. The van der Waals surface area contributed by atoms with E-state index in [1.54, 1.807) is 0 Å². The third kappa shape index (κ3) is 21.5. The number of esters is 1. The molecule has 0 unspecified atom stereocenters. The molecule has 0 aromatic heterocycles. The maximum Gasteiger partial charge on any atom is 0.330 e. The molecule has 0 heterocycles. The second kappa shape index (κ2) is 18.0. The smallest absolute Gasteiger partial charge is 0.330 e. The molecule has 0 aromatic carbocycles. The van der Waals surface area contributed by atoms with E-state index in [2.05, 4.69) is 54.0 Å². The van der Waals surface area contributed by atoms with Crippen LogP contribution in [0.25, 0.3) is 0 Å². The molecule has 19 heavy (non-hydrogen) atoms. The van der Waals surface area contributed by atoms with E-state index in [0.29, 0.717) is 0 Å². The molecule has 0 radical (unpaired) electrons. The number of hydrogen-bond acceptors (Lipinski definition) is 5. The number of carbonyl (C=O) groups excluding carboxylic acids is 1. The lowest BCUT2D eigenvalue weighted by Crippen LogP contribution is -2.09. The van der Waals surface area contributed by atoms with Crippen molar-refractivity contribution in [1.82, 2.24) is 0 Å². The Bertz CT molecular complexity index is 283. The molecule has 108 valence electrons. The molecule has 6 heteroatoms. The van der Waals surface area contributed by atoms with E-state index in [1.807, 2.05) is 0 Å². The van der Waals surface area contributed by atoms with Gasteiger partial charge < -0.3 is 14.7 Å². The first-order valence-corrected chi connectivity index (χ1v) is 5.04. The van der Waals surface area contributed by atoms with Crippen molar-refractivity contribution in [3.63, 3.8) is 0 Å². The van der Waals surface area contributed by atoms with Crippen molar-refractivity contribution in [2.45, 2.75) is 6.42 Å². The van der Waals surface area contributed by atoms with Gasteiger partial charge in [0.05, 0.1) is 0 Å². The van der Waals surface area contributed by atoms with Crippen molar-refractivity contribution in [2.24, 2.45) is 0 Å². The summed E-state index contributed by atoms with van der Waals surface area (Å²) < 4.78 is 4.55. The molecule has 1 N–H and O–H groups in total. The van der Waals surface area contributed by atoms with Crippen LogP contribution < -0.4 is 0 Å². The topological polar surface area (TPSA) is 82.1 Å². The number of carbonyl (C=O) groups is 2. The van der Waals surface area contributed by atoms with E-state index < -0.39 is 11.9 Å². The zero-order valence-electron chi connectivity index (χ0n) is 10.9. The highest BCUT2D eigenvalue weighted by Crippen LogP contribution is 2.00. The Morgan fingerprint density at radius 2 is 1.63 bits per heavy atom. The van der Waals surface area contributed by atoms with E-state index >= 15 is 0 Å². The maximum absolute atomic E-state index is 10.5. The molecule has 0 fully saturated rings. The summed E-state index contributed by atoms with van der Waals surface area (Å²) in [6.45, 7) is 18.5. The Morgan fingerprint density at radius 3 is 2.05 bits per heavy atom. The van der Waals surface area contributed by atoms with E-state index in [-0.39, 0.29) is 25.4 Å².